The molecule has 0 aromatic rings. The van der Waals surface area contributed by atoms with Crippen LogP contribution < -0.4 is 42.5 Å². The molecule has 0 radical (unpaired) electrons. The fourth-order valence-electron chi connectivity index (χ4n) is 11.8. The lowest BCUT2D eigenvalue weighted by Crippen LogP contribution is -2.62. The highest BCUT2D eigenvalue weighted by Crippen LogP contribution is 2.48. The first kappa shape index (κ1) is 33.0. The van der Waals surface area contributed by atoms with Gasteiger partial charge in [0.25, 0.3) is 0 Å². The van der Waals surface area contributed by atoms with Crippen LogP contribution in [0.25, 0.3) is 0 Å². The summed E-state index contributed by atoms with van der Waals surface area (Å²) in [6, 6.07) is 0. The zero-order valence-electron chi connectivity index (χ0n) is 26.5. The smallest absolute Gasteiger partial charge is 0.132 e. The van der Waals surface area contributed by atoms with Crippen LogP contribution in [-0.4, -0.2) is 98.7 Å². The number of nitrogens with one attached hydrogen (secondary N) is 8. The lowest BCUT2D eigenvalue weighted by molar-refractivity contribution is 0.0177. The van der Waals surface area contributed by atoms with Gasteiger partial charge in [0.2, 0.25) is 0 Å². The Bertz CT molecular complexity index is 1020. The van der Waals surface area contributed by atoms with E-state index >= 15 is 17.6 Å². The Morgan fingerprint density at radius 3 is 0.667 bits per heavy atom. The SMILES string of the molecule is FC1CC2C3NC(NC4NC(NC5NC(NC6NC(N3)C3C(F)CCC(F)C63)C3CC(F)C(F)CC53)C3C(F)CCC(F)C43)C2CC1F. The first-order valence-electron chi connectivity index (χ1n) is 18.3. The standard InChI is InChI=1S/C32H48F8N8/c33-13-1-2-14(34)22-21(13)29-43-25-9-5-17(37)18(38)6-10(9)27(41-25)45-31-23-15(35)3-4-16(36)24(23)32(48-31)46-28-12-8-20(40)19(39)7-11(12)26(42-28)44-30(22)47-29/h9-32,41-48H,1-8H2. The van der Waals surface area contributed by atoms with Crippen LogP contribution in [-0.2, 0) is 0 Å². The summed E-state index contributed by atoms with van der Waals surface area (Å²) in [4.78, 5) is 0. The van der Waals surface area contributed by atoms with E-state index in [1.165, 1.54) is 0 Å². The summed E-state index contributed by atoms with van der Waals surface area (Å²) in [5.74, 6) is -4.71. The van der Waals surface area contributed by atoms with Crippen molar-refractivity contribution in [2.45, 2.75) is 150 Å². The van der Waals surface area contributed by atoms with Crippen LogP contribution in [0.15, 0.2) is 0 Å². The topological polar surface area (TPSA) is 96.2 Å². The third kappa shape index (κ3) is 5.27. The maximum atomic E-state index is 15.8. The summed E-state index contributed by atoms with van der Waals surface area (Å²) in [6.45, 7) is 0. The summed E-state index contributed by atoms with van der Waals surface area (Å²) in [5.41, 5.74) is 0. The predicted molar refractivity (Wildman–Crippen MR) is 159 cm³/mol. The Morgan fingerprint density at radius 1 is 0.250 bits per heavy atom. The highest BCUT2D eigenvalue weighted by Gasteiger charge is 2.61. The molecule has 24 unspecified atom stereocenters. The van der Waals surface area contributed by atoms with E-state index in [0.29, 0.717) is 0 Å². The third-order valence-corrected chi connectivity index (χ3v) is 14.0. The van der Waals surface area contributed by atoms with Gasteiger partial charge in [0.05, 0.1) is 49.3 Å². The number of hydrogen-bond acceptors (Lipinski definition) is 8. The molecular formula is C32H48F8N8. The Labute approximate surface area is 275 Å². The van der Waals surface area contributed by atoms with Gasteiger partial charge >= 0.3 is 0 Å². The van der Waals surface area contributed by atoms with Gasteiger partial charge in [-0.15, -0.1) is 0 Å². The molecule has 8 bridgehead atoms. The van der Waals surface area contributed by atoms with Gasteiger partial charge in [-0.2, -0.15) is 0 Å². The second-order valence-corrected chi connectivity index (χ2v) is 16.3. The molecule has 9 fully saturated rings. The van der Waals surface area contributed by atoms with E-state index in [2.05, 4.69) is 42.5 Å². The molecule has 5 heterocycles. The number of rotatable bonds is 0. The van der Waals surface area contributed by atoms with Gasteiger partial charge in [-0.3, -0.25) is 42.5 Å². The van der Waals surface area contributed by atoms with Crippen LogP contribution >= 0.6 is 0 Å². The van der Waals surface area contributed by atoms with Crippen LogP contribution in [0.2, 0.25) is 0 Å². The Hall–Kier alpha value is -0.880. The Morgan fingerprint density at radius 2 is 0.438 bits per heavy atom. The Balaban J connectivity index is 1.09. The molecule has 4 aliphatic carbocycles. The van der Waals surface area contributed by atoms with Gasteiger partial charge in [0.15, 0.2) is 0 Å². The number of halogens is 8. The minimum atomic E-state index is -1.68. The predicted octanol–water partition coefficient (Wildman–Crippen LogP) is 2.19. The van der Waals surface area contributed by atoms with Crippen LogP contribution in [0.5, 0.6) is 0 Å². The molecule has 48 heavy (non-hydrogen) atoms. The van der Waals surface area contributed by atoms with Gasteiger partial charge in [0.1, 0.15) is 49.4 Å². The largest absolute Gasteiger partial charge is 0.286 e. The molecule has 0 aromatic heterocycles. The number of fused-ring (bicyclic) bond motifs is 20. The minimum absolute atomic E-state index is 0.0520. The van der Waals surface area contributed by atoms with Crippen LogP contribution in [0, 0.1) is 47.3 Å². The van der Waals surface area contributed by atoms with Crippen LogP contribution in [0.1, 0.15) is 51.4 Å². The van der Waals surface area contributed by atoms with Crippen LogP contribution in [0.3, 0.4) is 0 Å². The van der Waals surface area contributed by atoms with Gasteiger partial charge in [-0.05, 0) is 75.0 Å². The molecule has 0 spiro atoms. The average molecular weight is 697 g/mol. The zero-order valence-corrected chi connectivity index (χ0v) is 26.5. The maximum absolute atomic E-state index is 15.8. The second-order valence-electron chi connectivity index (χ2n) is 16.3. The van der Waals surface area contributed by atoms with Gasteiger partial charge in [-0.1, -0.05) is 0 Å². The van der Waals surface area contributed by atoms with Gasteiger partial charge < -0.3 is 0 Å². The summed E-state index contributed by atoms with van der Waals surface area (Å²) in [6.07, 6.45) is -17.4. The summed E-state index contributed by atoms with van der Waals surface area (Å²) in [7, 11) is 0. The molecule has 16 heteroatoms. The number of alkyl halides is 8. The van der Waals surface area contributed by atoms with Gasteiger partial charge in [0, 0.05) is 23.7 Å². The first-order chi connectivity index (χ1) is 23.0. The molecule has 9 aliphatic rings. The monoisotopic (exact) mass is 696 g/mol. The summed E-state index contributed by atoms with van der Waals surface area (Å²) >= 11 is 0. The van der Waals surface area contributed by atoms with Crippen molar-refractivity contribution in [3.05, 3.63) is 0 Å². The van der Waals surface area contributed by atoms with Crippen molar-refractivity contribution in [3.63, 3.8) is 0 Å². The molecular weight excluding hydrogens is 648 g/mol. The van der Waals surface area contributed by atoms with E-state index < -0.39 is 146 Å². The highest BCUT2D eigenvalue weighted by molar-refractivity contribution is 5.12. The molecule has 0 amide bonds. The summed E-state index contributed by atoms with van der Waals surface area (Å²) in [5, 5.41) is 27.4. The molecule has 8 N–H and O–H groups in total. The van der Waals surface area contributed by atoms with Crippen molar-refractivity contribution in [1.82, 2.24) is 42.5 Å². The average Bonchev–Trinajstić information content (AvgIpc) is 3.77. The summed E-state index contributed by atoms with van der Waals surface area (Å²) < 4.78 is 123. The van der Waals surface area contributed by atoms with Crippen molar-refractivity contribution in [2.24, 2.45) is 47.3 Å². The highest BCUT2D eigenvalue weighted by atomic mass is 19.2. The molecule has 272 valence electrons. The van der Waals surface area contributed by atoms with E-state index in [1.54, 1.807) is 0 Å². The van der Waals surface area contributed by atoms with E-state index in [9.17, 15) is 17.6 Å². The maximum Gasteiger partial charge on any atom is 0.132 e. The quantitative estimate of drug-likeness (QED) is 0.183. The van der Waals surface area contributed by atoms with E-state index in [0.717, 1.165) is 0 Å². The molecule has 9 rings (SSSR count). The minimum Gasteiger partial charge on any atom is -0.286 e. The molecule has 24 atom stereocenters. The van der Waals surface area contributed by atoms with Gasteiger partial charge in [-0.25, -0.2) is 35.1 Å². The lowest BCUT2D eigenvalue weighted by atomic mass is 9.74. The van der Waals surface area contributed by atoms with E-state index in [4.69, 9.17) is 0 Å². The molecule has 8 nitrogen and oxygen atoms in total. The molecule has 5 aliphatic heterocycles. The molecule has 4 saturated carbocycles. The molecule has 0 aromatic carbocycles. The lowest BCUT2D eigenvalue weighted by Gasteiger charge is -2.39. The van der Waals surface area contributed by atoms with Crippen molar-refractivity contribution >= 4 is 0 Å². The third-order valence-electron chi connectivity index (χ3n) is 14.0. The fraction of sp³-hybridized carbons (Fsp3) is 1.00. The number of hydrogen-bond donors (Lipinski definition) is 8. The second kappa shape index (κ2) is 12.4. The van der Waals surface area contributed by atoms with E-state index in [-0.39, 0.29) is 51.4 Å². The van der Waals surface area contributed by atoms with Crippen molar-refractivity contribution in [3.8, 4) is 0 Å². The van der Waals surface area contributed by atoms with Crippen molar-refractivity contribution in [1.29, 1.82) is 0 Å². The van der Waals surface area contributed by atoms with Crippen LogP contribution in [0.4, 0.5) is 35.1 Å². The first-order valence-corrected chi connectivity index (χ1v) is 18.3. The van der Waals surface area contributed by atoms with E-state index in [1.807, 2.05) is 0 Å². The normalized spacial score (nSPS) is 62.5. The molecule has 5 saturated heterocycles. The van der Waals surface area contributed by atoms with Crippen molar-refractivity contribution < 1.29 is 35.1 Å². The fourth-order valence-corrected chi connectivity index (χ4v) is 11.8. The van der Waals surface area contributed by atoms with Crippen molar-refractivity contribution in [2.75, 3.05) is 0 Å². The Kier molecular flexibility index (Phi) is 8.50. The zero-order chi connectivity index (χ0) is 33.2.